The average molecular weight is 481 g/mol. The first-order chi connectivity index (χ1) is 17.7. The summed E-state index contributed by atoms with van der Waals surface area (Å²) in [5, 5.41) is 0. The summed E-state index contributed by atoms with van der Waals surface area (Å²) >= 11 is 0. The molecule has 7 nitrogen and oxygen atoms in total. The van der Waals surface area contributed by atoms with E-state index < -0.39 is 5.79 Å². The minimum absolute atomic E-state index is 0.425. The Morgan fingerprint density at radius 3 is 2.22 bits per heavy atom. The minimum Gasteiger partial charge on any atom is -0.497 e. The number of ether oxygens (including phenoxy) is 3. The number of hydrogen-bond donors (Lipinski definition) is 0. The van der Waals surface area contributed by atoms with Crippen LogP contribution in [0.1, 0.15) is 12.8 Å². The molecule has 36 heavy (non-hydrogen) atoms. The molecule has 2 fully saturated rings. The zero-order valence-corrected chi connectivity index (χ0v) is 20.3. The van der Waals surface area contributed by atoms with Crippen molar-refractivity contribution in [2.75, 3.05) is 38.3 Å². The number of piperidine rings is 1. The Morgan fingerprint density at radius 2 is 1.50 bits per heavy atom. The van der Waals surface area contributed by atoms with Crippen LogP contribution in [0.15, 0.2) is 79.1 Å². The molecule has 0 bridgehead atoms. The molecule has 0 amide bonds. The maximum absolute atomic E-state index is 5.92. The standard InChI is InChI=1S/C29H28N4O3/c1-34-25-9-7-21(8-10-25)23-17-24(20-30-19-23)26-18-27(32-28(31-26)22-5-3-2-4-6-22)33-13-11-29(12-14-33)35-15-16-36-29/h2-10,17-20H,11-16H2,1H3. The number of rotatable bonds is 5. The van der Waals surface area contributed by atoms with Crippen LogP contribution >= 0.6 is 0 Å². The molecule has 7 heteroatoms. The van der Waals surface area contributed by atoms with E-state index in [1.165, 1.54) is 0 Å². The molecule has 0 saturated carbocycles. The number of benzene rings is 2. The lowest BCUT2D eigenvalue weighted by Gasteiger charge is -2.38. The summed E-state index contributed by atoms with van der Waals surface area (Å²) in [6, 6.07) is 22.3. The third-order valence-electron chi connectivity index (χ3n) is 6.86. The summed E-state index contributed by atoms with van der Waals surface area (Å²) in [4.78, 5) is 16.8. The van der Waals surface area contributed by atoms with E-state index in [-0.39, 0.29) is 0 Å². The zero-order valence-electron chi connectivity index (χ0n) is 20.3. The van der Waals surface area contributed by atoms with Gasteiger partial charge in [-0.05, 0) is 23.8 Å². The van der Waals surface area contributed by atoms with Crippen molar-refractivity contribution in [3.63, 3.8) is 0 Å². The van der Waals surface area contributed by atoms with Crippen LogP contribution in [0.3, 0.4) is 0 Å². The van der Waals surface area contributed by atoms with E-state index in [9.17, 15) is 0 Å². The van der Waals surface area contributed by atoms with E-state index in [0.717, 1.165) is 65.4 Å². The van der Waals surface area contributed by atoms with Gasteiger partial charge in [-0.1, -0.05) is 42.5 Å². The van der Waals surface area contributed by atoms with Crippen molar-refractivity contribution in [3.8, 4) is 39.5 Å². The maximum atomic E-state index is 5.92. The highest BCUT2D eigenvalue weighted by atomic mass is 16.7. The molecular formula is C29H28N4O3. The molecule has 0 aliphatic carbocycles. The van der Waals surface area contributed by atoms with Crippen molar-refractivity contribution in [1.82, 2.24) is 15.0 Å². The Labute approximate surface area is 210 Å². The number of methoxy groups -OCH3 is 1. The molecule has 2 aliphatic rings. The van der Waals surface area contributed by atoms with Gasteiger partial charge in [0.15, 0.2) is 11.6 Å². The molecular weight excluding hydrogens is 452 g/mol. The van der Waals surface area contributed by atoms with E-state index >= 15 is 0 Å². The second-order valence-corrected chi connectivity index (χ2v) is 9.09. The minimum atomic E-state index is -0.425. The summed E-state index contributed by atoms with van der Waals surface area (Å²) in [7, 11) is 1.67. The molecule has 0 radical (unpaired) electrons. The Bertz CT molecular complexity index is 1330. The molecule has 1 spiro atoms. The highest BCUT2D eigenvalue weighted by Crippen LogP contribution is 2.35. The maximum Gasteiger partial charge on any atom is 0.171 e. The van der Waals surface area contributed by atoms with Gasteiger partial charge in [-0.15, -0.1) is 0 Å². The van der Waals surface area contributed by atoms with Gasteiger partial charge in [-0.25, -0.2) is 9.97 Å². The van der Waals surface area contributed by atoms with Gasteiger partial charge in [0.25, 0.3) is 0 Å². The SMILES string of the molecule is COc1ccc(-c2cncc(-c3cc(N4CCC5(CC4)OCCO5)nc(-c4ccccc4)n3)c2)cc1. The number of nitrogens with zero attached hydrogens (tertiary/aromatic N) is 4. The first kappa shape index (κ1) is 22.6. The fraction of sp³-hybridized carbons (Fsp3) is 0.276. The van der Waals surface area contributed by atoms with Gasteiger partial charge >= 0.3 is 0 Å². The van der Waals surface area contributed by atoms with Gasteiger partial charge < -0.3 is 19.1 Å². The van der Waals surface area contributed by atoms with Crippen molar-refractivity contribution in [3.05, 3.63) is 79.1 Å². The lowest BCUT2D eigenvalue weighted by molar-refractivity contribution is -0.169. The molecule has 4 aromatic rings. The zero-order chi connectivity index (χ0) is 24.4. The van der Waals surface area contributed by atoms with Crippen molar-refractivity contribution < 1.29 is 14.2 Å². The number of anilines is 1. The highest BCUT2D eigenvalue weighted by molar-refractivity contribution is 5.73. The predicted molar refractivity (Wildman–Crippen MR) is 139 cm³/mol. The third-order valence-corrected chi connectivity index (χ3v) is 6.86. The Balaban J connectivity index is 1.36. The third kappa shape index (κ3) is 4.55. The van der Waals surface area contributed by atoms with Gasteiger partial charge in [-0.3, -0.25) is 4.98 Å². The van der Waals surface area contributed by atoms with Crippen molar-refractivity contribution in [2.24, 2.45) is 0 Å². The van der Waals surface area contributed by atoms with Crippen LogP contribution < -0.4 is 9.64 Å². The normalized spacial score (nSPS) is 16.9. The van der Waals surface area contributed by atoms with Crippen molar-refractivity contribution in [1.29, 1.82) is 0 Å². The number of hydrogen-bond acceptors (Lipinski definition) is 7. The molecule has 182 valence electrons. The smallest absolute Gasteiger partial charge is 0.171 e. The molecule has 0 N–H and O–H groups in total. The molecule has 0 unspecified atom stereocenters. The van der Waals surface area contributed by atoms with E-state index in [4.69, 9.17) is 24.2 Å². The largest absolute Gasteiger partial charge is 0.497 e. The van der Waals surface area contributed by atoms with E-state index in [1.54, 1.807) is 7.11 Å². The summed E-state index contributed by atoms with van der Waals surface area (Å²) in [5.41, 5.74) is 4.86. The molecule has 2 aliphatic heterocycles. The fourth-order valence-electron chi connectivity index (χ4n) is 4.84. The van der Waals surface area contributed by atoms with Crippen LogP contribution in [0, 0.1) is 0 Å². The van der Waals surface area contributed by atoms with Crippen LogP contribution in [0.4, 0.5) is 5.82 Å². The molecule has 2 aromatic carbocycles. The summed E-state index contributed by atoms with van der Waals surface area (Å²) < 4.78 is 17.1. The van der Waals surface area contributed by atoms with Gasteiger partial charge in [0.2, 0.25) is 0 Å². The van der Waals surface area contributed by atoms with Gasteiger partial charge in [0.05, 0.1) is 26.0 Å². The average Bonchev–Trinajstić information content (AvgIpc) is 3.41. The quantitative estimate of drug-likeness (QED) is 0.388. The molecule has 0 atom stereocenters. The monoisotopic (exact) mass is 480 g/mol. The second kappa shape index (κ2) is 9.68. The van der Waals surface area contributed by atoms with E-state index in [1.807, 2.05) is 67.0 Å². The van der Waals surface area contributed by atoms with Crippen LogP contribution in [-0.4, -0.2) is 54.2 Å². The second-order valence-electron chi connectivity index (χ2n) is 9.09. The summed E-state index contributed by atoms with van der Waals surface area (Å²) in [6.45, 7) is 2.98. The predicted octanol–water partition coefficient (Wildman–Crippen LogP) is 5.22. The van der Waals surface area contributed by atoms with E-state index in [0.29, 0.717) is 19.0 Å². The first-order valence-electron chi connectivity index (χ1n) is 12.3. The highest BCUT2D eigenvalue weighted by Gasteiger charge is 2.40. The van der Waals surface area contributed by atoms with Gasteiger partial charge in [0.1, 0.15) is 11.6 Å². The Hall–Kier alpha value is -3.81. The lowest BCUT2D eigenvalue weighted by atomic mass is 10.0. The fourth-order valence-corrected chi connectivity index (χ4v) is 4.84. The van der Waals surface area contributed by atoms with Crippen molar-refractivity contribution >= 4 is 5.82 Å². The van der Waals surface area contributed by atoms with Crippen molar-refractivity contribution in [2.45, 2.75) is 18.6 Å². The first-order valence-corrected chi connectivity index (χ1v) is 12.3. The molecule has 6 rings (SSSR count). The Morgan fingerprint density at radius 1 is 0.778 bits per heavy atom. The summed E-state index contributed by atoms with van der Waals surface area (Å²) in [5.74, 6) is 2.01. The topological polar surface area (TPSA) is 69.6 Å². The Kier molecular flexibility index (Phi) is 6.09. The van der Waals surface area contributed by atoms with Crippen LogP contribution in [0.2, 0.25) is 0 Å². The molecule has 2 aromatic heterocycles. The van der Waals surface area contributed by atoms with Crippen LogP contribution in [0.5, 0.6) is 5.75 Å². The molecule has 2 saturated heterocycles. The van der Waals surface area contributed by atoms with Crippen LogP contribution in [0.25, 0.3) is 33.8 Å². The van der Waals surface area contributed by atoms with Gasteiger partial charge in [0, 0.05) is 61.1 Å². The number of aromatic nitrogens is 3. The van der Waals surface area contributed by atoms with Gasteiger partial charge in [-0.2, -0.15) is 0 Å². The lowest BCUT2D eigenvalue weighted by Crippen LogP contribution is -2.45. The molecule has 4 heterocycles. The van der Waals surface area contributed by atoms with E-state index in [2.05, 4.69) is 22.0 Å². The van der Waals surface area contributed by atoms with Crippen LogP contribution in [-0.2, 0) is 9.47 Å². The summed E-state index contributed by atoms with van der Waals surface area (Å²) in [6.07, 6.45) is 5.37. The number of pyridine rings is 1.